The highest BCUT2D eigenvalue weighted by atomic mass is 16.7. The molecule has 152 valence electrons. The van der Waals surface area contributed by atoms with Crippen LogP contribution < -0.4 is 10.1 Å². The van der Waals surface area contributed by atoms with Gasteiger partial charge in [-0.3, -0.25) is 4.79 Å². The minimum absolute atomic E-state index is 0.412. The van der Waals surface area contributed by atoms with Crippen LogP contribution in [0.1, 0.15) is 12.5 Å². The Kier molecular flexibility index (Phi) is 5.12. The van der Waals surface area contributed by atoms with Crippen molar-refractivity contribution in [2.75, 3.05) is 5.32 Å². The molecule has 30 heavy (non-hydrogen) atoms. The van der Waals surface area contributed by atoms with E-state index in [1.165, 1.54) is 0 Å². The Morgan fingerprint density at radius 2 is 1.53 bits per heavy atom. The molecular weight excluding hydrogens is 384 g/mol. The molecule has 0 spiro atoms. The number of nitrogens with zero attached hydrogens (tertiary/aromatic N) is 1. The minimum atomic E-state index is -1.46. The molecule has 3 aromatic carbocycles. The zero-order chi connectivity index (χ0) is 21.1. The summed E-state index contributed by atoms with van der Waals surface area (Å²) in [7, 11) is 0. The van der Waals surface area contributed by atoms with E-state index in [9.17, 15) is 14.7 Å². The standard InChI is InChI=1S/C23H20N2O5/c1-23(16-12-14-19(15-13-16)29-18-10-6-3-7-11-18)20(26)21(25(30-23)22(27)28)24-17-8-4-2-5-9-17/h2-15,21,24H,1H3,(H,27,28). The molecule has 4 rings (SSSR count). The summed E-state index contributed by atoms with van der Waals surface area (Å²) in [6.07, 6.45) is -2.53. The van der Waals surface area contributed by atoms with Crippen molar-refractivity contribution in [2.45, 2.75) is 18.7 Å². The van der Waals surface area contributed by atoms with E-state index in [1.807, 2.05) is 36.4 Å². The molecule has 0 radical (unpaired) electrons. The number of nitrogens with one attached hydrogen (secondary N) is 1. The summed E-state index contributed by atoms with van der Waals surface area (Å²) in [4.78, 5) is 30.5. The zero-order valence-electron chi connectivity index (χ0n) is 16.2. The van der Waals surface area contributed by atoms with E-state index in [0.717, 1.165) is 0 Å². The van der Waals surface area contributed by atoms with Crippen LogP contribution in [-0.4, -0.2) is 28.2 Å². The van der Waals surface area contributed by atoms with Crippen LogP contribution in [0.25, 0.3) is 0 Å². The molecular formula is C23H20N2O5. The second kappa shape index (κ2) is 7.88. The maximum Gasteiger partial charge on any atom is 0.434 e. The molecule has 1 fully saturated rings. The average Bonchev–Trinajstić information content (AvgIpc) is 3.02. The van der Waals surface area contributed by atoms with Crippen molar-refractivity contribution in [3.05, 3.63) is 90.5 Å². The van der Waals surface area contributed by atoms with Gasteiger partial charge in [0, 0.05) is 5.69 Å². The predicted molar refractivity (Wildman–Crippen MR) is 110 cm³/mol. The number of carboxylic acid groups (broad SMARTS) is 1. The Morgan fingerprint density at radius 1 is 0.967 bits per heavy atom. The number of rotatable bonds is 5. The molecule has 1 aliphatic rings. The number of ether oxygens (including phenoxy) is 1. The van der Waals surface area contributed by atoms with E-state index in [4.69, 9.17) is 9.57 Å². The van der Waals surface area contributed by atoms with Crippen LogP contribution in [0.15, 0.2) is 84.9 Å². The second-order valence-electron chi connectivity index (χ2n) is 6.95. The van der Waals surface area contributed by atoms with Gasteiger partial charge in [-0.1, -0.05) is 48.5 Å². The molecule has 1 saturated heterocycles. The van der Waals surface area contributed by atoms with Crippen molar-refractivity contribution in [3.63, 3.8) is 0 Å². The summed E-state index contributed by atoms with van der Waals surface area (Å²) in [6.45, 7) is 1.56. The second-order valence-corrected chi connectivity index (χ2v) is 6.95. The number of Topliss-reactive ketones (excluding diaryl/α,β-unsaturated/α-hetero) is 1. The number of carbonyl (C=O) groups excluding carboxylic acids is 1. The SMILES string of the molecule is CC1(c2ccc(Oc3ccccc3)cc2)ON(C(=O)O)C(Nc2ccccc2)C1=O. The van der Waals surface area contributed by atoms with Crippen molar-refractivity contribution < 1.29 is 24.3 Å². The van der Waals surface area contributed by atoms with Crippen molar-refractivity contribution in [3.8, 4) is 11.5 Å². The Balaban J connectivity index is 1.58. The van der Waals surface area contributed by atoms with E-state index in [1.54, 1.807) is 55.5 Å². The average molecular weight is 404 g/mol. The van der Waals surface area contributed by atoms with Gasteiger partial charge in [0.25, 0.3) is 0 Å². The molecule has 2 atom stereocenters. The first-order valence-corrected chi connectivity index (χ1v) is 9.38. The first-order valence-electron chi connectivity index (χ1n) is 9.38. The summed E-state index contributed by atoms with van der Waals surface area (Å²) >= 11 is 0. The number of benzene rings is 3. The van der Waals surface area contributed by atoms with Gasteiger partial charge in [-0.2, -0.15) is 5.06 Å². The summed E-state index contributed by atoms with van der Waals surface area (Å²) in [6, 6.07) is 25.0. The third kappa shape index (κ3) is 3.70. The van der Waals surface area contributed by atoms with Gasteiger partial charge in [-0.25, -0.2) is 9.63 Å². The lowest BCUT2D eigenvalue weighted by atomic mass is 9.90. The molecule has 3 aromatic rings. The molecule has 7 heteroatoms. The molecule has 1 aliphatic heterocycles. The first-order chi connectivity index (χ1) is 14.5. The summed E-state index contributed by atoms with van der Waals surface area (Å²) in [5.41, 5.74) is -0.325. The molecule has 0 aromatic heterocycles. The third-order valence-electron chi connectivity index (χ3n) is 4.88. The largest absolute Gasteiger partial charge is 0.463 e. The highest BCUT2D eigenvalue weighted by Crippen LogP contribution is 2.38. The van der Waals surface area contributed by atoms with Crippen LogP contribution in [0.3, 0.4) is 0 Å². The molecule has 0 saturated carbocycles. The van der Waals surface area contributed by atoms with Gasteiger partial charge < -0.3 is 15.2 Å². The monoisotopic (exact) mass is 404 g/mol. The minimum Gasteiger partial charge on any atom is -0.463 e. The third-order valence-corrected chi connectivity index (χ3v) is 4.88. The summed E-state index contributed by atoms with van der Waals surface area (Å²) < 4.78 is 5.77. The van der Waals surface area contributed by atoms with Crippen molar-refractivity contribution in [2.24, 2.45) is 0 Å². The van der Waals surface area contributed by atoms with E-state index in [0.29, 0.717) is 27.8 Å². The lowest BCUT2D eigenvalue weighted by molar-refractivity contribution is -0.177. The lowest BCUT2D eigenvalue weighted by Gasteiger charge is -2.22. The van der Waals surface area contributed by atoms with Gasteiger partial charge >= 0.3 is 6.09 Å². The number of para-hydroxylation sites is 2. The van der Waals surface area contributed by atoms with Gasteiger partial charge in [0.15, 0.2) is 11.8 Å². The zero-order valence-corrected chi connectivity index (χ0v) is 16.2. The number of hydroxylamine groups is 2. The topological polar surface area (TPSA) is 88.1 Å². The Hall–Kier alpha value is -3.84. The van der Waals surface area contributed by atoms with Crippen LogP contribution in [0.2, 0.25) is 0 Å². The number of carbonyl (C=O) groups is 2. The van der Waals surface area contributed by atoms with Gasteiger partial charge in [0.1, 0.15) is 11.5 Å². The highest BCUT2D eigenvalue weighted by Gasteiger charge is 2.54. The molecule has 2 unspecified atom stereocenters. The summed E-state index contributed by atoms with van der Waals surface area (Å²) in [5.74, 6) is 0.868. The van der Waals surface area contributed by atoms with Gasteiger partial charge in [-0.05, 0) is 48.9 Å². The smallest absolute Gasteiger partial charge is 0.434 e. The maximum absolute atomic E-state index is 13.2. The molecule has 7 nitrogen and oxygen atoms in total. The van der Waals surface area contributed by atoms with Crippen molar-refractivity contribution in [1.82, 2.24) is 5.06 Å². The highest BCUT2D eigenvalue weighted by molar-refractivity contribution is 5.97. The van der Waals surface area contributed by atoms with E-state index in [2.05, 4.69) is 5.32 Å². The van der Waals surface area contributed by atoms with Crippen LogP contribution in [-0.2, 0) is 15.2 Å². The summed E-state index contributed by atoms with van der Waals surface area (Å²) in [5, 5.41) is 13.1. The van der Waals surface area contributed by atoms with Crippen molar-refractivity contribution in [1.29, 1.82) is 0 Å². The molecule has 0 bridgehead atoms. The Labute approximate surface area is 173 Å². The lowest BCUT2D eigenvalue weighted by Crippen LogP contribution is -2.42. The molecule has 1 heterocycles. The quantitative estimate of drug-likeness (QED) is 0.645. The fourth-order valence-electron chi connectivity index (χ4n) is 3.29. The molecule has 1 amide bonds. The number of anilines is 1. The predicted octanol–water partition coefficient (Wildman–Crippen LogP) is 4.63. The number of hydrogen-bond acceptors (Lipinski definition) is 5. The molecule has 0 aliphatic carbocycles. The Bertz CT molecular complexity index is 1040. The fraction of sp³-hybridized carbons (Fsp3) is 0.130. The normalized spacial score (nSPS) is 20.8. The van der Waals surface area contributed by atoms with Gasteiger partial charge in [-0.15, -0.1) is 0 Å². The Morgan fingerprint density at radius 3 is 2.13 bits per heavy atom. The van der Waals surface area contributed by atoms with Gasteiger partial charge in [0.05, 0.1) is 0 Å². The number of hydrogen-bond donors (Lipinski definition) is 2. The van der Waals surface area contributed by atoms with Crippen molar-refractivity contribution >= 4 is 17.6 Å². The van der Waals surface area contributed by atoms with Crippen LogP contribution in [0, 0.1) is 0 Å². The molecule has 2 N–H and O–H groups in total. The number of amides is 1. The van der Waals surface area contributed by atoms with E-state index < -0.39 is 23.6 Å². The van der Waals surface area contributed by atoms with Crippen LogP contribution >= 0.6 is 0 Å². The fourth-order valence-corrected chi connectivity index (χ4v) is 3.29. The van der Waals surface area contributed by atoms with Crippen LogP contribution in [0.5, 0.6) is 11.5 Å². The van der Waals surface area contributed by atoms with Crippen LogP contribution in [0.4, 0.5) is 10.5 Å². The van der Waals surface area contributed by atoms with E-state index >= 15 is 0 Å². The number of ketones is 1. The van der Waals surface area contributed by atoms with Gasteiger partial charge in [0.2, 0.25) is 5.78 Å². The first kappa shape index (κ1) is 19.5. The maximum atomic E-state index is 13.2. The van der Waals surface area contributed by atoms with E-state index in [-0.39, 0.29) is 0 Å².